The third-order valence-electron chi connectivity index (χ3n) is 4.52. The van der Waals surface area contributed by atoms with Gasteiger partial charge in [-0.05, 0) is 12.8 Å². The molecule has 2 fully saturated rings. The van der Waals surface area contributed by atoms with Gasteiger partial charge in [-0.25, -0.2) is 18.1 Å². The summed E-state index contributed by atoms with van der Waals surface area (Å²) in [5, 5.41) is 0.00438. The molecule has 0 radical (unpaired) electrons. The van der Waals surface area contributed by atoms with Crippen molar-refractivity contribution in [3.8, 4) is 0 Å². The van der Waals surface area contributed by atoms with Gasteiger partial charge in [0, 0.05) is 26.2 Å². The number of aromatic nitrogens is 5. The lowest BCUT2D eigenvalue weighted by atomic mass is 10.4. The number of hydrogen-bond donors (Lipinski definition) is 2. The Labute approximate surface area is 157 Å². The molecule has 0 spiro atoms. The van der Waals surface area contributed by atoms with Crippen molar-refractivity contribution in [3.05, 3.63) is 18.3 Å². The van der Waals surface area contributed by atoms with Crippen molar-refractivity contribution in [2.75, 3.05) is 49.2 Å². The van der Waals surface area contributed by atoms with Gasteiger partial charge in [-0.3, -0.25) is 0 Å². The van der Waals surface area contributed by atoms with Crippen LogP contribution in [-0.2, 0) is 21.3 Å². The molecule has 12 heteroatoms. The van der Waals surface area contributed by atoms with E-state index >= 15 is 0 Å². The van der Waals surface area contributed by atoms with Gasteiger partial charge in [-0.15, -0.1) is 0 Å². The molecule has 0 amide bonds. The molecular formula is C15H22N8O3S. The molecule has 2 N–H and O–H groups in total. The number of aromatic amines is 1. The van der Waals surface area contributed by atoms with Gasteiger partial charge in [0.2, 0.25) is 11.9 Å². The third kappa shape index (κ3) is 4.17. The molecule has 11 nitrogen and oxygen atoms in total. The molecule has 2 aliphatic rings. The highest BCUT2D eigenvalue weighted by molar-refractivity contribution is 7.89. The summed E-state index contributed by atoms with van der Waals surface area (Å²) in [6, 6.07) is 0. The van der Waals surface area contributed by atoms with Gasteiger partial charge in [-0.2, -0.15) is 15.0 Å². The van der Waals surface area contributed by atoms with Crippen LogP contribution in [-0.4, -0.2) is 72.7 Å². The van der Waals surface area contributed by atoms with E-state index in [1.807, 2.05) is 4.90 Å². The second-order valence-corrected chi connectivity index (χ2v) is 8.12. The third-order valence-corrected chi connectivity index (χ3v) is 5.85. The molecule has 146 valence electrons. The van der Waals surface area contributed by atoms with Crippen molar-refractivity contribution < 1.29 is 13.2 Å². The van der Waals surface area contributed by atoms with Crippen LogP contribution in [0.4, 0.5) is 11.9 Å². The smallest absolute Gasteiger partial charge is 0.258 e. The zero-order valence-corrected chi connectivity index (χ0v) is 15.7. The number of anilines is 2. The summed E-state index contributed by atoms with van der Waals surface area (Å²) in [6.07, 6.45) is 4.77. The fraction of sp³-hybridized carbons (Fsp3) is 0.600. The fourth-order valence-corrected chi connectivity index (χ4v) is 3.95. The highest BCUT2D eigenvalue weighted by Crippen LogP contribution is 2.19. The zero-order valence-electron chi connectivity index (χ0n) is 14.8. The second-order valence-electron chi connectivity index (χ2n) is 6.39. The van der Waals surface area contributed by atoms with E-state index in [1.165, 1.54) is 12.5 Å². The van der Waals surface area contributed by atoms with Gasteiger partial charge in [0.1, 0.15) is 0 Å². The first-order valence-corrected chi connectivity index (χ1v) is 10.4. The quantitative estimate of drug-likeness (QED) is 0.666. The number of nitrogens with one attached hydrogen (secondary N) is 2. The number of ether oxygens (including phenoxy) is 1. The lowest BCUT2D eigenvalue weighted by Crippen LogP contribution is -2.38. The van der Waals surface area contributed by atoms with Crippen LogP contribution in [0, 0.1) is 0 Å². The molecule has 2 saturated heterocycles. The average Bonchev–Trinajstić information content (AvgIpc) is 3.41. The molecule has 2 aromatic rings. The molecule has 0 aliphatic carbocycles. The summed E-state index contributed by atoms with van der Waals surface area (Å²) in [5.41, 5.74) is 0. The maximum Gasteiger partial charge on any atom is 0.258 e. The Morgan fingerprint density at radius 3 is 2.33 bits per heavy atom. The molecule has 4 heterocycles. The molecule has 2 aliphatic heterocycles. The number of hydrogen-bond acceptors (Lipinski definition) is 9. The van der Waals surface area contributed by atoms with E-state index in [9.17, 15) is 8.42 Å². The largest absolute Gasteiger partial charge is 0.378 e. The van der Waals surface area contributed by atoms with Gasteiger partial charge >= 0.3 is 0 Å². The van der Waals surface area contributed by atoms with Crippen molar-refractivity contribution >= 4 is 21.9 Å². The van der Waals surface area contributed by atoms with Gasteiger partial charge < -0.3 is 19.5 Å². The molecule has 0 atom stereocenters. The Balaban J connectivity index is 1.57. The van der Waals surface area contributed by atoms with Crippen LogP contribution < -0.4 is 14.5 Å². The SMILES string of the molecule is O=S(=O)(NCc1nc(N2CCCC2)nc(N2CCOCC2)n1)c1cnc[nH]1. The van der Waals surface area contributed by atoms with Crippen LogP contribution in [0.15, 0.2) is 17.6 Å². The molecule has 0 saturated carbocycles. The lowest BCUT2D eigenvalue weighted by molar-refractivity contribution is 0.122. The predicted octanol–water partition coefficient (Wildman–Crippen LogP) is -0.490. The molecule has 0 aromatic carbocycles. The summed E-state index contributed by atoms with van der Waals surface area (Å²) >= 11 is 0. The maximum absolute atomic E-state index is 12.3. The fourth-order valence-electron chi connectivity index (χ4n) is 3.07. The van der Waals surface area contributed by atoms with Crippen molar-refractivity contribution in [2.24, 2.45) is 0 Å². The lowest BCUT2D eigenvalue weighted by Gasteiger charge is -2.28. The van der Waals surface area contributed by atoms with E-state index in [1.54, 1.807) is 0 Å². The topological polar surface area (TPSA) is 129 Å². The molecule has 0 unspecified atom stereocenters. The van der Waals surface area contributed by atoms with Crippen molar-refractivity contribution in [1.82, 2.24) is 29.6 Å². The number of sulfonamides is 1. The molecule has 27 heavy (non-hydrogen) atoms. The Kier molecular flexibility index (Phi) is 5.18. The highest BCUT2D eigenvalue weighted by atomic mass is 32.2. The number of nitrogens with zero attached hydrogens (tertiary/aromatic N) is 6. The van der Waals surface area contributed by atoms with Crippen LogP contribution in [0.2, 0.25) is 0 Å². The van der Waals surface area contributed by atoms with Gasteiger partial charge in [0.15, 0.2) is 10.9 Å². The molecule has 0 bridgehead atoms. The van der Waals surface area contributed by atoms with Crippen LogP contribution in [0.5, 0.6) is 0 Å². The van der Waals surface area contributed by atoms with Crippen LogP contribution in [0.3, 0.4) is 0 Å². The second kappa shape index (κ2) is 7.74. The summed E-state index contributed by atoms with van der Waals surface area (Å²) in [4.78, 5) is 24.1. The van der Waals surface area contributed by atoms with Crippen LogP contribution in [0.25, 0.3) is 0 Å². The first-order valence-electron chi connectivity index (χ1n) is 8.92. The van der Waals surface area contributed by atoms with E-state index in [0.717, 1.165) is 25.9 Å². The minimum absolute atomic E-state index is 0.00438. The Morgan fingerprint density at radius 1 is 1.04 bits per heavy atom. The highest BCUT2D eigenvalue weighted by Gasteiger charge is 2.22. The Hall–Kier alpha value is -2.31. The van der Waals surface area contributed by atoms with E-state index in [-0.39, 0.29) is 11.6 Å². The normalized spacial score (nSPS) is 18.2. The minimum Gasteiger partial charge on any atom is -0.378 e. The first kappa shape index (κ1) is 18.1. The standard InChI is InChI=1S/C15H22N8O3S/c24-27(25,13-10-16-11-17-13)18-9-12-19-14(22-3-1-2-4-22)21-15(20-12)23-5-7-26-8-6-23/h10-11,18H,1-9H2,(H,16,17). The maximum atomic E-state index is 12.3. The van der Waals surface area contributed by atoms with Gasteiger partial charge in [0.05, 0.1) is 32.3 Å². The van der Waals surface area contributed by atoms with Crippen LogP contribution >= 0.6 is 0 Å². The minimum atomic E-state index is -3.70. The zero-order chi connectivity index (χ0) is 18.7. The monoisotopic (exact) mass is 394 g/mol. The van der Waals surface area contributed by atoms with Crippen molar-refractivity contribution in [1.29, 1.82) is 0 Å². The number of imidazole rings is 1. The summed E-state index contributed by atoms with van der Waals surface area (Å²) in [7, 11) is -3.70. The Morgan fingerprint density at radius 2 is 1.70 bits per heavy atom. The predicted molar refractivity (Wildman–Crippen MR) is 96.9 cm³/mol. The summed E-state index contributed by atoms with van der Waals surface area (Å²) < 4.78 is 32.5. The first-order chi connectivity index (χ1) is 13.1. The average molecular weight is 394 g/mol. The van der Waals surface area contributed by atoms with Crippen molar-refractivity contribution in [2.45, 2.75) is 24.4 Å². The summed E-state index contributed by atoms with van der Waals surface area (Å²) in [6.45, 7) is 4.39. The molecule has 2 aromatic heterocycles. The van der Waals surface area contributed by atoms with E-state index < -0.39 is 10.0 Å². The van der Waals surface area contributed by atoms with E-state index in [0.29, 0.717) is 44.0 Å². The molecule has 4 rings (SSSR count). The molecular weight excluding hydrogens is 372 g/mol. The van der Waals surface area contributed by atoms with Gasteiger partial charge in [0.25, 0.3) is 10.0 Å². The van der Waals surface area contributed by atoms with Crippen molar-refractivity contribution in [3.63, 3.8) is 0 Å². The number of morpholine rings is 1. The van der Waals surface area contributed by atoms with Gasteiger partial charge in [-0.1, -0.05) is 0 Å². The van der Waals surface area contributed by atoms with E-state index in [2.05, 4.69) is 34.5 Å². The van der Waals surface area contributed by atoms with E-state index in [4.69, 9.17) is 4.74 Å². The summed E-state index contributed by atoms with van der Waals surface area (Å²) in [5.74, 6) is 1.54. The van der Waals surface area contributed by atoms with Crippen LogP contribution in [0.1, 0.15) is 18.7 Å². The number of H-pyrrole nitrogens is 1. The number of rotatable bonds is 6. The Bertz CT molecular complexity index is 861.